The number of fused-ring (bicyclic) bond motifs is 1. The molecule has 0 atom stereocenters. The Balaban J connectivity index is 1.44. The second kappa shape index (κ2) is 8.79. The number of aromatic nitrogens is 3. The zero-order valence-electron chi connectivity index (χ0n) is 19.5. The lowest BCUT2D eigenvalue weighted by atomic mass is 9.84. The zero-order valence-corrected chi connectivity index (χ0v) is 19.5. The van der Waals surface area contributed by atoms with Gasteiger partial charge in [0.25, 0.3) is 0 Å². The van der Waals surface area contributed by atoms with Crippen molar-refractivity contribution in [2.45, 2.75) is 57.1 Å². The zero-order chi connectivity index (χ0) is 23.9. The molecule has 2 fully saturated rings. The molecule has 1 amide bonds. The van der Waals surface area contributed by atoms with Gasteiger partial charge in [-0.1, -0.05) is 0 Å². The predicted octanol–water partition coefficient (Wildman–Crippen LogP) is 3.48. The summed E-state index contributed by atoms with van der Waals surface area (Å²) in [5, 5.41) is 29.1. The van der Waals surface area contributed by atoms with Crippen LogP contribution in [0.2, 0.25) is 0 Å². The van der Waals surface area contributed by atoms with Gasteiger partial charge in [-0.2, -0.15) is 5.10 Å². The molecule has 2 aromatic heterocycles. The van der Waals surface area contributed by atoms with Crippen molar-refractivity contribution in [3.63, 3.8) is 0 Å². The predicted molar refractivity (Wildman–Crippen MR) is 124 cm³/mol. The van der Waals surface area contributed by atoms with E-state index < -0.39 is 11.5 Å². The smallest absolute Gasteiger partial charge is 0.417 e. The molecule has 2 heterocycles. The molecule has 0 bridgehead atoms. The number of nitrogens with one attached hydrogen (secondary N) is 1. The average molecular weight is 468 g/mol. The van der Waals surface area contributed by atoms with Gasteiger partial charge in [0.2, 0.25) is 0 Å². The molecule has 2 aliphatic carbocycles. The van der Waals surface area contributed by atoms with Crippen LogP contribution >= 0.6 is 0 Å². The van der Waals surface area contributed by atoms with Crippen molar-refractivity contribution in [2.24, 2.45) is 5.92 Å². The summed E-state index contributed by atoms with van der Waals surface area (Å²) < 4.78 is 13.9. The quantitative estimate of drug-likeness (QED) is 0.363. The summed E-state index contributed by atoms with van der Waals surface area (Å²) in [6, 6.07) is 8.66. The minimum absolute atomic E-state index is 0.0394. The molecule has 0 radical (unpaired) electrons. The first-order valence-corrected chi connectivity index (χ1v) is 11.8. The van der Waals surface area contributed by atoms with Gasteiger partial charge >= 0.3 is 17.5 Å². The number of nitrogens with zero attached hydrogens (tertiary/aromatic N) is 3. The minimum Gasteiger partial charge on any atom is -0.491 e. The largest absolute Gasteiger partial charge is 0.491 e. The lowest BCUT2D eigenvalue weighted by Gasteiger charge is -2.33. The number of hydrogen-bond donors (Lipinski definition) is 3. The van der Waals surface area contributed by atoms with E-state index in [9.17, 15) is 15.1 Å². The molecule has 0 aliphatic heterocycles. The Morgan fingerprint density at radius 1 is 1.26 bits per heavy atom. The van der Waals surface area contributed by atoms with Crippen molar-refractivity contribution in [1.82, 2.24) is 9.78 Å². The first-order valence-electron chi connectivity index (χ1n) is 11.8. The summed E-state index contributed by atoms with van der Waals surface area (Å²) in [4.78, 5) is 13.0. The second-order valence-corrected chi connectivity index (χ2v) is 9.72. The van der Waals surface area contributed by atoms with Crippen LogP contribution in [0.3, 0.4) is 0 Å². The number of carbonyl (C=O) groups excluding carboxylic acids is 1. The van der Waals surface area contributed by atoms with E-state index in [0.29, 0.717) is 28.7 Å². The number of carbonyl (C=O) groups is 1. The monoisotopic (exact) mass is 467 g/mol. The number of ether oxygens (including phenoxy) is 2. The molecular weight excluding hydrogens is 436 g/mol. The molecule has 9 nitrogen and oxygen atoms in total. The molecule has 2 saturated carbocycles. The molecule has 34 heavy (non-hydrogen) atoms. The van der Waals surface area contributed by atoms with Crippen molar-refractivity contribution in [3.8, 4) is 11.6 Å². The van der Waals surface area contributed by atoms with Gasteiger partial charge in [-0.15, -0.1) is 0 Å². The molecule has 5 rings (SSSR count). The summed E-state index contributed by atoms with van der Waals surface area (Å²) in [6.45, 7) is 2.48. The molecular formula is C25H31N4O5+. The number of benzene rings is 1. The van der Waals surface area contributed by atoms with Crippen molar-refractivity contribution in [1.29, 1.82) is 0 Å². The van der Waals surface area contributed by atoms with Crippen LogP contribution in [0.5, 0.6) is 11.6 Å². The third-order valence-electron chi connectivity index (χ3n) is 6.82. The fourth-order valence-electron chi connectivity index (χ4n) is 4.45. The summed E-state index contributed by atoms with van der Waals surface area (Å²) in [6.07, 6.45) is 7.50. The fraction of sp³-hybridized carbons (Fsp3) is 0.480. The Morgan fingerprint density at radius 2 is 2.03 bits per heavy atom. The maximum atomic E-state index is 13.0. The van der Waals surface area contributed by atoms with Crippen LogP contribution in [0.4, 0.5) is 5.69 Å². The van der Waals surface area contributed by atoms with Crippen LogP contribution in [0, 0.1) is 5.92 Å². The van der Waals surface area contributed by atoms with Gasteiger partial charge in [-0.25, -0.2) is 0 Å². The number of aliphatic hydroxyl groups is 1. The topological polar surface area (TPSA) is 110 Å². The highest BCUT2D eigenvalue weighted by atomic mass is 16.5. The van der Waals surface area contributed by atoms with E-state index in [1.807, 2.05) is 29.9 Å². The molecule has 3 aromatic rings. The molecule has 3 N–H and O–H groups in total. The van der Waals surface area contributed by atoms with Crippen molar-refractivity contribution in [2.75, 3.05) is 19.0 Å². The van der Waals surface area contributed by atoms with E-state index in [1.54, 1.807) is 12.1 Å². The number of methoxy groups -OCH3 is 1. The van der Waals surface area contributed by atoms with Crippen molar-refractivity contribution < 1.29 is 29.3 Å². The number of pyridine rings is 1. The first kappa shape index (κ1) is 22.5. The SMILES string of the molecule is COc1cccc(C(=O)Nc2cc3cn([C@H]4CC[C@](C)(O)CC4)nc3cc2OCC2CC2)[n+]1O. The molecule has 0 spiro atoms. The Labute approximate surface area is 197 Å². The van der Waals surface area contributed by atoms with Gasteiger partial charge in [0, 0.05) is 23.7 Å². The highest BCUT2D eigenvalue weighted by molar-refractivity contribution is 6.04. The summed E-state index contributed by atoms with van der Waals surface area (Å²) >= 11 is 0. The fourth-order valence-corrected chi connectivity index (χ4v) is 4.45. The van der Waals surface area contributed by atoms with Gasteiger partial charge in [0.1, 0.15) is 5.75 Å². The minimum atomic E-state index is -0.603. The van der Waals surface area contributed by atoms with E-state index in [4.69, 9.17) is 14.6 Å². The van der Waals surface area contributed by atoms with Gasteiger partial charge < -0.3 is 19.9 Å². The third-order valence-corrected chi connectivity index (χ3v) is 6.82. The van der Waals surface area contributed by atoms with Crippen LogP contribution in [-0.4, -0.2) is 45.3 Å². The Morgan fingerprint density at radius 3 is 2.74 bits per heavy atom. The average Bonchev–Trinajstić information content (AvgIpc) is 3.55. The molecule has 180 valence electrons. The normalized spacial score (nSPS) is 22.5. The lowest BCUT2D eigenvalue weighted by Crippen LogP contribution is -2.40. The van der Waals surface area contributed by atoms with Gasteiger partial charge in [-0.05, 0) is 63.5 Å². The van der Waals surface area contributed by atoms with Crippen LogP contribution in [0.15, 0.2) is 36.5 Å². The van der Waals surface area contributed by atoms with Gasteiger partial charge in [-0.3, -0.25) is 14.7 Å². The molecule has 0 saturated heterocycles. The number of hydrogen-bond acceptors (Lipinski definition) is 6. The van der Waals surface area contributed by atoms with E-state index in [2.05, 4.69) is 5.32 Å². The summed E-state index contributed by atoms with van der Waals surface area (Å²) in [5.41, 5.74) is 0.748. The van der Waals surface area contributed by atoms with Crippen LogP contribution in [0.1, 0.15) is 62.0 Å². The van der Waals surface area contributed by atoms with Crippen LogP contribution < -0.4 is 19.5 Å². The standard InChI is InChI=1S/C25H30N4O5/c1-25(31)10-8-18(9-11-25)28-14-17-12-20(22(13-19(17)27-28)34-15-16-6-7-16)26-24(30)21-4-3-5-23(33-2)29(21)32/h3-5,12-14,16,18,31H,6-11,15H2,1-2H3,(H-,26,30,32)/p+1/t18-,25-. The highest BCUT2D eigenvalue weighted by Gasteiger charge is 2.30. The van der Waals surface area contributed by atoms with E-state index in [1.165, 1.54) is 13.2 Å². The Kier molecular flexibility index (Phi) is 5.81. The first-order chi connectivity index (χ1) is 16.3. The maximum absolute atomic E-state index is 13.0. The second-order valence-electron chi connectivity index (χ2n) is 9.72. The highest BCUT2D eigenvalue weighted by Crippen LogP contribution is 2.37. The van der Waals surface area contributed by atoms with Gasteiger partial charge in [0.15, 0.2) is 0 Å². The summed E-state index contributed by atoms with van der Waals surface area (Å²) in [5.74, 6) is 0.766. The number of rotatable bonds is 7. The van der Waals surface area contributed by atoms with Crippen molar-refractivity contribution >= 4 is 22.5 Å². The van der Waals surface area contributed by atoms with Gasteiger partial charge in [0.05, 0.1) is 47.4 Å². The lowest BCUT2D eigenvalue weighted by molar-refractivity contribution is -0.907. The molecule has 0 unspecified atom stereocenters. The van der Waals surface area contributed by atoms with Crippen molar-refractivity contribution in [3.05, 3.63) is 42.2 Å². The molecule has 9 heteroatoms. The summed E-state index contributed by atoms with van der Waals surface area (Å²) in [7, 11) is 1.42. The Bertz CT molecular complexity index is 1210. The van der Waals surface area contributed by atoms with E-state index >= 15 is 0 Å². The van der Waals surface area contributed by atoms with Crippen LogP contribution in [0.25, 0.3) is 10.9 Å². The van der Waals surface area contributed by atoms with E-state index in [0.717, 1.165) is 49.4 Å². The molecule has 1 aromatic carbocycles. The molecule has 2 aliphatic rings. The number of anilines is 1. The van der Waals surface area contributed by atoms with E-state index in [-0.39, 0.29) is 17.6 Å². The Hall–Kier alpha value is -3.33. The number of amides is 1. The van der Waals surface area contributed by atoms with Crippen LogP contribution in [-0.2, 0) is 0 Å². The maximum Gasteiger partial charge on any atom is 0.417 e. The third kappa shape index (κ3) is 4.65.